The molecule has 0 spiro atoms. The number of carbonyl (C=O) groups excluding carboxylic acids is 3. The Hall–Kier alpha value is -2.43. The molecule has 0 aliphatic heterocycles. The van der Waals surface area contributed by atoms with Crippen molar-refractivity contribution >= 4 is 17.5 Å². The van der Waals surface area contributed by atoms with Gasteiger partial charge >= 0.3 is 5.97 Å². The number of esters is 1. The molecule has 5 nitrogen and oxygen atoms in total. The molecular formula is C18H20O5. The maximum absolute atomic E-state index is 12.5. The average Bonchev–Trinajstić information content (AvgIpc) is 2.54. The molecule has 1 unspecified atom stereocenters. The third-order valence-corrected chi connectivity index (χ3v) is 3.91. The number of Topliss-reactive ketones (excluding diaryl/α,β-unsaturated/α-hetero) is 2. The molecule has 0 bridgehead atoms. The molecule has 23 heavy (non-hydrogen) atoms. The van der Waals surface area contributed by atoms with Crippen LogP contribution in [0.25, 0.3) is 0 Å². The molecule has 1 aliphatic carbocycles. The highest BCUT2D eigenvalue weighted by Crippen LogP contribution is 2.28. The molecule has 0 saturated heterocycles. The minimum Gasteiger partial charge on any atom is -0.511 e. The molecule has 122 valence electrons. The third-order valence-electron chi connectivity index (χ3n) is 3.91. The predicted octanol–water partition coefficient (Wildman–Crippen LogP) is 2.79. The van der Waals surface area contributed by atoms with Crippen molar-refractivity contribution in [2.45, 2.75) is 33.1 Å². The predicted molar refractivity (Wildman–Crippen MR) is 84.2 cm³/mol. The van der Waals surface area contributed by atoms with Crippen LogP contribution in [-0.4, -0.2) is 29.2 Å². The molecule has 0 amide bonds. The second-order valence-electron chi connectivity index (χ2n) is 5.48. The smallest absolute Gasteiger partial charge is 0.309 e. The van der Waals surface area contributed by atoms with Gasteiger partial charge in [-0.1, -0.05) is 31.2 Å². The van der Waals surface area contributed by atoms with Crippen LogP contribution in [0.4, 0.5) is 0 Å². The van der Waals surface area contributed by atoms with Crippen molar-refractivity contribution in [3.05, 3.63) is 46.7 Å². The fourth-order valence-electron chi connectivity index (χ4n) is 2.62. The Balaban J connectivity index is 2.23. The summed E-state index contributed by atoms with van der Waals surface area (Å²) in [5.41, 5.74) is 1.22. The van der Waals surface area contributed by atoms with Crippen molar-refractivity contribution in [1.82, 2.24) is 0 Å². The van der Waals surface area contributed by atoms with Crippen molar-refractivity contribution < 1.29 is 24.2 Å². The van der Waals surface area contributed by atoms with Crippen molar-refractivity contribution in [1.29, 1.82) is 0 Å². The highest BCUT2D eigenvalue weighted by atomic mass is 16.5. The summed E-state index contributed by atoms with van der Waals surface area (Å²) in [4.78, 5) is 36.4. The fraction of sp³-hybridized carbons (Fsp3) is 0.389. The lowest BCUT2D eigenvalue weighted by atomic mass is 9.84. The quantitative estimate of drug-likeness (QED) is 0.513. The van der Waals surface area contributed by atoms with Crippen LogP contribution in [0, 0.1) is 5.92 Å². The summed E-state index contributed by atoms with van der Waals surface area (Å²) in [6, 6.07) is 6.93. The van der Waals surface area contributed by atoms with Crippen LogP contribution in [0.2, 0.25) is 0 Å². The zero-order valence-electron chi connectivity index (χ0n) is 13.3. The molecule has 0 aromatic heterocycles. The van der Waals surface area contributed by atoms with Gasteiger partial charge in [-0.3, -0.25) is 14.4 Å². The van der Waals surface area contributed by atoms with Gasteiger partial charge in [-0.2, -0.15) is 0 Å². The van der Waals surface area contributed by atoms with Crippen molar-refractivity contribution in [3.63, 3.8) is 0 Å². The highest BCUT2D eigenvalue weighted by molar-refractivity contribution is 6.27. The number of hydrogen-bond donors (Lipinski definition) is 1. The lowest BCUT2D eigenvalue weighted by Gasteiger charge is -2.21. The van der Waals surface area contributed by atoms with Crippen LogP contribution in [0.5, 0.6) is 0 Å². The minimum atomic E-state index is -0.721. The summed E-state index contributed by atoms with van der Waals surface area (Å²) < 4.78 is 4.87. The van der Waals surface area contributed by atoms with E-state index in [2.05, 4.69) is 0 Å². The lowest BCUT2D eigenvalue weighted by Crippen LogP contribution is -2.29. The van der Waals surface area contributed by atoms with Crippen molar-refractivity contribution in [3.8, 4) is 0 Å². The number of allylic oxidation sites excluding steroid dienone is 2. The molecule has 0 saturated carbocycles. The molecule has 0 radical (unpaired) electrons. The van der Waals surface area contributed by atoms with Gasteiger partial charge in [0.1, 0.15) is 11.3 Å². The van der Waals surface area contributed by atoms with E-state index in [0.717, 1.165) is 12.0 Å². The van der Waals surface area contributed by atoms with Gasteiger partial charge in [0.2, 0.25) is 0 Å². The fourth-order valence-corrected chi connectivity index (χ4v) is 2.62. The van der Waals surface area contributed by atoms with E-state index in [4.69, 9.17) is 4.74 Å². The number of ether oxygens (including phenoxy) is 1. The summed E-state index contributed by atoms with van der Waals surface area (Å²) in [6.07, 6.45) is 0.693. The largest absolute Gasteiger partial charge is 0.511 e. The van der Waals surface area contributed by atoms with Gasteiger partial charge in [0.05, 0.1) is 12.5 Å². The number of benzene rings is 1. The van der Waals surface area contributed by atoms with E-state index in [1.807, 2.05) is 19.1 Å². The van der Waals surface area contributed by atoms with E-state index in [1.54, 1.807) is 19.1 Å². The first kappa shape index (κ1) is 16.9. The van der Waals surface area contributed by atoms with E-state index in [1.165, 1.54) is 0 Å². The summed E-state index contributed by atoms with van der Waals surface area (Å²) >= 11 is 0. The van der Waals surface area contributed by atoms with E-state index in [0.29, 0.717) is 5.56 Å². The number of carbonyl (C=O) groups is 3. The lowest BCUT2D eigenvalue weighted by molar-refractivity contribution is -0.150. The Morgan fingerprint density at radius 3 is 2.35 bits per heavy atom. The second-order valence-corrected chi connectivity index (χ2v) is 5.48. The first-order chi connectivity index (χ1) is 11.0. The van der Waals surface area contributed by atoms with Crippen molar-refractivity contribution in [2.75, 3.05) is 6.61 Å². The molecule has 0 heterocycles. The van der Waals surface area contributed by atoms with E-state index in [9.17, 15) is 19.5 Å². The van der Waals surface area contributed by atoms with Gasteiger partial charge in [0, 0.05) is 18.4 Å². The first-order valence-corrected chi connectivity index (χ1v) is 7.73. The van der Waals surface area contributed by atoms with Crippen molar-refractivity contribution in [2.24, 2.45) is 5.92 Å². The normalized spacial score (nSPS) is 18.0. The van der Waals surface area contributed by atoms with E-state index >= 15 is 0 Å². The van der Waals surface area contributed by atoms with Crippen LogP contribution >= 0.6 is 0 Å². The molecular weight excluding hydrogens is 296 g/mol. The number of aryl methyl sites for hydroxylation is 1. The molecule has 1 N–H and O–H groups in total. The third kappa shape index (κ3) is 3.67. The monoisotopic (exact) mass is 316 g/mol. The van der Waals surface area contributed by atoms with Crippen LogP contribution in [0.1, 0.15) is 42.6 Å². The van der Waals surface area contributed by atoms with Gasteiger partial charge in [0.15, 0.2) is 11.6 Å². The molecule has 1 aromatic rings. The molecule has 2 rings (SSSR count). The van der Waals surface area contributed by atoms with Gasteiger partial charge < -0.3 is 9.84 Å². The Kier molecular flexibility index (Phi) is 5.32. The molecule has 1 aromatic carbocycles. The Morgan fingerprint density at radius 1 is 1.17 bits per heavy atom. The number of aliphatic hydroxyl groups excluding tert-OH is 1. The van der Waals surface area contributed by atoms with Crippen LogP contribution < -0.4 is 0 Å². The Labute approximate surface area is 135 Å². The maximum Gasteiger partial charge on any atom is 0.309 e. The number of rotatable bonds is 5. The summed E-state index contributed by atoms with van der Waals surface area (Å²) in [6.45, 7) is 3.89. The minimum absolute atomic E-state index is 0.0430. The second kappa shape index (κ2) is 7.22. The number of ketones is 2. The molecule has 1 aliphatic rings. The number of hydrogen-bond acceptors (Lipinski definition) is 5. The zero-order chi connectivity index (χ0) is 17.0. The SMILES string of the molecule is CCOC(=O)C1CC(=O)C(C(=O)c2ccc(CC)cc2)=C(O)C1. The maximum atomic E-state index is 12.5. The first-order valence-electron chi connectivity index (χ1n) is 7.73. The Morgan fingerprint density at radius 2 is 1.83 bits per heavy atom. The Bertz CT molecular complexity index is 654. The van der Waals surface area contributed by atoms with Crippen LogP contribution in [0.15, 0.2) is 35.6 Å². The van der Waals surface area contributed by atoms with Crippen LogP contribution in [0.3, 0.4) is 0 Å². The van der Waals surface area contributed by atoms with E-state index in [-0.39, 0.29) is 30.8 Å². The molecule has 1 atom stereocenters. The molecule has 5 heteroatoms. The summed E-state index contributed by atoms with van der Waals surface area (Å²) in [5.74, 6) is -2.59. The zero-order valence-corrected chi connectivity index (χ0v) is 13.3. The number of aliphatic hydroxyl groups is 1. The standard InChI is InChI=1S/C18H20O5/c1-3-11-5-7-12(8-6-11)17(21)16-14(19)9-13(10-15(16)20)18(22)23-4-2/h5-8,13,19H,3-4,9-10H2,1-2H3. The summed E-state index contributed by atoms with van der Waals surface area (Å²) in [5, 5.41) is 10.1. The van der Waals surface area contributed by atoms with Gasteiger partial charge in [-0.05, 0) is 18.9 Å². The average molecular weight is 316 g/mol. The van der Waals surface area contributed by atoms with Gasteiger partial charge in [-0.25, -0.2) is 0 Å². The van der Waals surface area contributed by atoms with Gasteiger partial charge in [-0.15, -0.1) is 0 Å². The van der Waals surface area contributed by atoms with Gasteiger partial charge in [0.25, 0.3) is 0 Å². The molecule has 0 fully saturated rings. The van der Waals surface area contributed by atoms with Crippen LogP contribution in [-0.2, 0) is 20.7 Å². The summed E-state index contributed by atoms with van der Waals surface area (Å²) in [7, 11) is 0. The van der Waals surface area contributed by atoms with E-state index < -0.39 is 23.5 Å². The topological polar surface area (TPSA) is 80.7 Å². The highest BCUT2D eigenvalue weighted by Gasteiger charge is 2.36.